The molecule has 1 aliphatic heterocycles. The predicted molar refractivity (Wildman–Crippen MR) is 147 cm³/mol. The number of ether oxygens (including phenoxy) is 1. The SMILES string of the molecule is C=N/C(=C(\C)F)c1cnc(Nc2cc3c(cn2)ncn3CCNC(=O)[C@@H]2[C@@H](O)CCN2C(=O)OC(C)(C)C)s1. The van der Waals surface area contributed by atoms with E-state index in [1.54, 1.807) is 39.4 Å². The number of thiazole rings is 1. The van der Waals surface area contributed by atoms with Crippen LogP contribution in [0.4, 0.5) is 20.1 Å². The standard InChI is InChI=1S/C25H31FN8O4S/c1-14(26)20(27-5)18-12-30-23(39-18)32-19-10-16-15(11-29-19)31-13-33(16)9-7-28-22(36)21-17(35)6-8-34(21)24(37)38-25(2,3)4/h10-13,17,21,35H,5-9H2,1-4H3,(H,28,36)(H,29,30,32)/b20-14+/t17-,21-/m0/s1. The number of hydrogen-bond acceptors (Lipinski definition) is 10. The van der Waals surface area contributed by atoms with Gasteiger partial charge in [-0.1, -0.05) is 11.3 Å². The second-order valence-electron chi connectivity index (χ2n) is 9.96. The van der Waals surface area contributed by atoms with E-state index in [2.05, 4.69) is 37.3 Å². The van der Waals surface area contributed by atoms with E-state index >= 15 is 0 Å². The lowest BCUT2D eigenvalue weighted by Crippen LogP contribution is -2.51. The lowest BCUT2D eigenvalue weighted by atomic mass is 10.1. The van der Waals surface area contributed by atoms with Gasteiger partial charge in [-0.2, -0.15) is 0 Å². The van der Waals surface area contributed by atoms with Gasteiger partial charge >= 0.3 is 6.09 Å². The third-order valence-corrected chi connectivity index (χ3v) is 6.80. The van der Waals surface area contributed by atoms with Gasteiger partial charge in [0.25, 0.3) is 0 Å². The number of anilines is 2. The molecule has 0 radical (unpaired) electrons. The first-order valence-corrected chi connectivity index (χ1v) is 13.1. The summed E-state index contributed by atoms with van der Waals surface area (Å²) in [7, 11) is 0. The maximum Gasteiger partial charge on any atom is 0.411 e. The van der Waals surface area contributed by atoms with Crippen LogP contribution in [0, 0.1) is 0 Å². The number of allylic oxidation sites excluding steroid dienone is 1. The molecule has 1 aliphatic rings. The van der Waals surface area contributed by atoms with E-state index in [-0.39, 0.29) is 18.8 Å². The number of hydrogen-bond donors (Lipinski definition) is 3. The van der Waals surface area contributed by atoms with Crippen molar-refractivity contribution in [1.82, 2.24) is 29.7 Å². The Hall–Kier alpha value is -3.91. The highest BCUT2D eigenvalue weighted by molar-refractivity contribution is 7.16. The third-order valence-electron chi connectivity index (χ3n) is 5.88. The van der Waals surface area contributed by atoms with Crippen LogP contribution >= 0.6 is 11.3 Å². The van der Waals surface area contributed by atoms with Gasteiger partial charge in [-0.3, -0.25) is 14.7 Å². The minimum absolute atomic E-state index is 0.142. The molecule has 2 amide bonds. The Morgan fingerprint density at radius 3 is 2.77 bits per heavy atom. The van der Waals surface area contributed by atoms with E-state index in [0.29, 0.717) is 34.3 Å². The molecule has 1 saturated heterocycles. The number of aromatic nitrogens is 4. The summed E-state index contributed by atoms with van der Waals surface area (Å²) in [5, 5.41) is 16.8. The molecule has 0 aliphatic carbocycles. The number of carbonyl (C=O) groups excluding carboxylic acids is 2. The first-order valence-electron chi connectivity index (χ1n) is 12.3. The summed E-state index contributed by atoms with van der Waals surface area (Å²) in [5.41, 5.74) is 0.851. The molecular weight excluding hydrogens is 527 g/mol. The van der Waals surface area contributed by atoms with Crippen LogP contribution in [0.1, 0.15) is 39.0 Å². The van der Waals surface area contributed by atoms with E-state index in [1.807, 2.05) is 4.57 Å². The van der Waals surface area contributed by atoms with Gasteiger partial charge in [0, 0.05) is 31.9 Å². The molecule has 0 saturated carbocycles. The highest BCUT2D eigenvalue weighted by atomic mass is 32.1. The Morgan fingerprint density at radius 1 is 1.31 bits per heavy atom. The molecular formula is C25H31FN8O4S. The Bertz CT molecular complexity index is 1410. The molecule has 12 nitrogen and oxygen atoms in total. The van der Waals surface area contributed by atoms with Crippen LogP contribution in [0.3, 0.4) is 0 Å². The van der Waals surface area contributed by atoms with Crippen LogP contribution in [0.15, 0.2) is 35.6 Å². The number of imidazole rings is 1. The van der Waals surface area contributed by atoms with Crippen molar-refractivity contribution in [2.75, 3.05) is 18.4 Å². The van der Waals surface area contributed by atoms with Gasteiger partial charge in [-0.25, -0.2) is 24.1 Å². The fourth-order valence-electron chi connectivity index (χ4n) is 4.14. The minimum atomic E-state index is -1.02. The van der Waals surface area contributed by atoms with Crippen LogP contribution in [-0.2, 0) is 16.1 Å². The van der Waals surface area contributed by atoms with Gasteiger partial charge < -0.3 is 25.0 Å². The van der Waals surface area contributed by atoms with Gasteiger partial charge in [-0.15, -0.1) is 0 Å². The number of aliphatic hydroxyl groups excluding tert-OH is 1. The van der Waals surface area contributed by atoms with Crippen LogP contribution in [-0.4, -0.2) is 79.1 Å². The summed E-state index contributed by atoms with van der Waals surface area (Å²) in [6.07, 6.45) is 3.45. The molecule has 4 rings (SSSR count). The number of carbonyl (C=O) groups is 2. The van der Waals surface area contributed by atoms with Gasteiger partial charge in [0.05, 0.1) is 29.0 Å². The second kappa shape index (κ2) is 11.5. The van der Waals surface area contributed by atoms with Crippen LogP contribution in [0.2, 0.25) is 0 Å². The van der Waals surface area contributed by atoms with Crippen molar-refractivity contribution in [3.05, 3.63) is 35.5 Å². The Labute approximate surface area is 228 Å². The lowest BCUT2D eigenvalue weighted by Gasteiger charge is -2.28. The third kappa shape index (κ3) is 6.57. The van der Waals surface area contributed by atoms with Gasteiger partial charge in [0.15, 0.2) is 5.13 Å². The van der Waals surface area contributed by atoms with Gasteiger partial charge in [-0.05, 0) is 40.8 Å². The molecule has 0 aromatic carbocycles. The summed E-state index contributed by atoms with van der Waals surface area (Å²) < 4.78 is 20.9. The largest absolute Gasteiger partial charge is 0.444 e. The van der Waals surface area contributed by atoms with Crippen LogP contribution in [0.5, 0.6) is 0 Å². The van der Waals surface area contributed by atoms with E-state index in [1.165, 1.54) is 29.4 Å². The highest BCUT2D eigenvalue weighted by Crippen LogP contribution is 2.30. The van der Waals surface area contributed by atoms with Crippen molar-refractivity contribution < 1.29 is 23.8 Å². The number of halogens is 1. The van der Waals surface area contributed by atoms with Crippen molar-refractivity contribution in [3.63, 3.8) is 0 Å². The molecule has 3 N–H and O–H groups in total. The number of aliphatic imine (C=N–C) groups is 1. The van der Waals surface area contributed by atoms with E-state index in [9.17, 15) is 19.1 Å². The number of pyridine rings is 1. The molecule has 39 heavy (non-hydrogen) atoms. The number of fused-ring (bicyclic) bond motifs is 1. The van der Waals surface area contributed by atoms with Crippen molar-refractivity contribution in [3.8, 4) is 0 Å². The molecule has 0 spiro atoms. The molecule has 208 valence electrons. The quantitative estimate of drug-likeness (QED) is 0.356. The maximum absolute atomic E-state index is 13.7. The monoisotopic (exact) mass is 558 g/mol. The predicted octanol–water partition coefficient (Wildman–Crippen LogP) is 3.48. The topological polar surface area (TPSA) is 147 Å². The van der Waals surface area contributed by atoms with Crippen molar-refractivity contribution in [1.29, 1.82) is 0 Å². The first kappa shape index (κ1) is 28.1. The number of rotatable bonds is 8. The van der Waals surface area contributed by atoms with Gasteiger partial charge in [0.2, 0.25) is 5.91 Å². The number of nitrogens with one attached hydrogen (secondary N) is 2. The summed E-state index contributed by atoms with van der Waals surface area (Å²) in [6, 6.07) is 0.773. The average Bonchev–Trinajstić information content (AvgIpc) is 3.57. The average molecular weight is 559 g/mol. The minimum Gasteiger partial charge on any atom is -0.444 e. The molecule has 2 atom stereocenters. The fraction of sp³-hybridized carbons (Fsp3) is 0.440. The summed E-state index contributed by atoms with van der Waals surface area (Å²) in [4.78, 5) is 43.9. The van der Waals surface area contributed by atoms with E-state index in [4.69, 9.17) is 4.74 Å². The van der Waals surface area contributed by atoms with E-state index < -0.39 is 35.6 Å². The van der Waals surface area contributed by atoms with Crippen molar-refractivity contribution in [2.45, 2.75) is 58.4 Å². The number of amides is 2. The Balaban J connectivity index is 1.40. The zero-order chi connectivity index (χ0) is 28.3. The normalized spacial score (nSPS) is 18.2. The Kier molecular flexibility index (Phi) is 8.25. The molecule has 3 aromatic heterocycles. The summed E-state index contributed by atoms with van der Waals surface area (Å²) in [5.74, 6) is -0.397. The Morgan fingerprint density at radius 2 is 2.08 bits per heavy atom. The molecule has 0 bridgehead atoms. The van der Waals surface area contributed by atoms with Gasteiger partial charge in [0.1, 0.15) is 34.5 Å². The number of nitrogens with zero attached hydrogens (tertiary/aromatic N) is 6. The zero-order valence-corrected chi connectivity index (χ0v) is 23.0. The second-order valence-corrected chi connectivity index (χ2v) is 11.0. The summed E-state index contributed by atoms with van der Waals surface area (Å²) in [6.45, 7) is 10.8. The van der Waals surface area contributed by atoms with Crippen LogP contribution < -0.4 is 10.6 Å². The molecule has 4 heterocycles. The molecule has 0 unspecified atom stereocenters. The molecule has 14 heteroatoms. The molecule has 3 aromatic rings. The highest BCUT2D eigenvalue weighted by Gasteiger charge is 2.42. The van der Waals surface area contributed by atoms with Crippen molar-refractivity contribution in [2.24, 2.45) is 4.99 Å². The fourth-order valence-corrected chi connectivity index (χ4v) is 5.01. The van der Waals surface area contributed by atoms with E-state index in [0.717, 1.165) is 5.52 Å². The zero-order valence-electron chi connectivity index (χ0n) is 22.1. The van der Waals surface area contributed by atoms with Crippen molar-refractivity contribution >= 4 is 57.7 Å². The maximum atomic E-state index is 13.7. The van der Waals surface area contributed by atoms with Crippen LogP contribution in [0.25, 0.3) is 16.7 Å². The number of aliphatic hydroxyl groups is 1. The first-order chi connectivity index (χ1) is 18.5. The number of likely N-dealkylation sites (tertiary alicyclic amines) is 1. The summed E-state index contributed by atoms with van der Waals surface area (Å²) >= 11 is 1.21. The molecule has 1 fully saturated rings. The lowest BCUT2D eigenvalue weighted by molar-refractivity contribution is -0.128. The smallest absolute Gasteiger partial charge is 0.411 e.